The lowest BCUT2D eigenvalue weighted by molar-refractivity contribution is -0.402. The first kappa shape index (κ1) is 20.6. The molecule has 0 atom stereocenters. The van der Waals surface area contributed by atoms with Gasteiger partial charge in [0.1, 0.15) is 28.7 Å². The third-order valence-electron chi connectivity index (χ3n) is 5.81. The number of aromatic nitrogens is 5. The summed E-state index contributed by atoms with van der Waals surface area (Å²) in [6.45, 7) is 1.73. The first-order valence-electron chi connectivity index (χ1n) is 10.6. The number of hydrogen-bond acceptors (Lipinski definition) is 7. The molecular formula is C22H21N7O4. The normalized spacial score (nSPS) is 15.0. The molecule has 1 aliphatic heterocycles. The smallest absolute Gasteiger partial charge is 0.401 e. The van der Waals surface area contributed by atoms with Crippen LogP contribution in [0.5, 0.6) is 0 Å². The molecule has 1 amide bonds. The largest absolute Gasteiger partial charge is 0.433 e. The van der Waals surface area contributed by atoms with E-state index in [-0.39, 0.29) is 23.5 Å². The van der Waals surface area contributed by atoms with Gasteiger partial charge in [-0.1, -0.05) is 17.3 Å². The summed E-state index contributed by atoms with van der Waals surface area (Å²) in [6.07, 6.45) is 8.16. The topological polar surface area (TPSA) is 125 Å². The van der Waals surface area contributed by atoms with Crippen molar-refractivity contribution in [2.45, 2.75) is 25.4 Å². The SMILES string of the molecule is O=C(/C=C/c1ccc([N+](=O)[O-])o1)N1CCC(c2nccn2Cn2nnc3ccccc32)CC1. The minimum absolute atomic E-state index is 0.148. The fourth-order valence-corrected chi connectivity index (χ4v) is 4.11. The number of piperidine rings is 1. The number of nitro groups is 1. The minimum Gasteiger partial charge on any atom is -0.401 e. The molecule has 1 fully saturated rings. The highest BCUT2D eigenvalue weighted by atomic mass is 16.6. The molecule has 0 saturated carbocycles. The molecule has 4 aromatic rings. The first-order valence-corrected chi connectivity index (χ1v) is 10.6. The number of hydrogen-bond donors (Lipinski definition) is 0. The van der Waals surface area contributed by atoms with Gasteiger partial charge in [-0.05, 0) is 37.1 Å². The van der Waals surface area contributed by atoms with Crippen LogP contribution >= 0.6 is 0 Å². The van der Waals surface area contributed by atoms with Crippen LogP contribution in [0.2, 0.25) is 0 Å². The fourth-order valence-electron chi connectivity index (χ4n) is 4.11. The number of benzene rings is 1. The molecule has 0 radical (unpaired) electrons. The van der Waals surface area contributed by atoms with Gasteiger partial charge in [-0.2, -0.15) is 0 Å². The molecular weight excluding hydrogens is 426 g/mol. The molecule has 0 unspecified atom stereocenters. The summed E-state index contributed by atoms with van der Waals surface area (Å²) < 4.78 is 8.98. The zero-order valence-electron chi connectivity index (χ0n) is 17.6. The zero-order valence-corrected chi connectivity index (χ0v) is 17.6. The van der Waals surface area contributed by atoms with Crippen molar-refractivity contribution in [2.75, 3.05) is 13.1 Å². The summed E-state index contributed by atoms with van der Waals surface area (Å²) in [4.78, 5) is 29.0. The molecule has 1 saturated heterocycles. The molecule has 0 spiro atoms. The van der Waals surface area contributed by atoms with Crippen LogP contribution < -0.4 is 0 Å². The standard InChI is InChI=1S/C22H21N7O4/c30-20(7-5-17-6-8-21(33-17)29(31)32)26-12-9-16(10-13-26)22-23-11-14-27(22)15-28-19-4-2-1-3-18(19)24-25-28/h1-8,11,14,16H,9-10,12-13,15H2/b7-5+. The first-order chi connectivity index (χ1) is 16.1. The summed E-state index contributed by atoms with van der Waals surface area (Å²) in [6, 6.07) is 10.6. The summed E-state index contributed by atoms with van der Waals surface area (Å²) in [7, 11) is 0. The monoisotopic (exact) mass is 447 g/mol. The van der Waals surface area contributed by atoms with E-state index in [0.717, 1.165) is 29.7 Å². The van der Waals surface area contributed by atoms with Gasteiger partial charge < -0.3 is 13.9 Å². The number of carbonyl (C=O) groups excluding carboxylic acids is 1. The average Bonchev–Trinajstić information content (AvgIpc) is 3.58. The quantitative estimate of drug-likeness (QED) is 0.253. The van der Waals surface area contributed by atoms with E-state index in [9.17, 15) is 14.9 Å². The maximum absolute atomic E-state index is 12.5. The van der Waals surface area contributed by atoms with E-state index in [1.807, 2.05) is 35.1 Å². The van der Waals surface area contributed by atoms with Gasteiger partial charge in [0, 0.05) is 37.5 Å². The molecule has 5 rings (SSSR count). The van der Waals surface area contributed by atoms with E-state index in [4.69, 9.17) is 4.42 Å². The Morgan fingerprint density at radius 3 is 2.82 bits per heavy atom. The molecule has 1 aromatic carbocycles. The molecule has 3 aromatic heterocycles. The molecule has 168 valence electrons. The third-order valence-corrected chi connectivity index (χ3v) is 5.81. The number of furan rings is 1. The molecule has 0 N–H and O–H groups in total. The molecule has 0 bridgehead atoms. The second kappa shape index (κ2) is 8.69. The Labute approximate surface area is 188 Å². The molecule has 1 aliphatic rings. The maximum atomic E-state index is 12.5. The lowest BCUT2D eigenvalue weighted by Gasteiger charge is -2.31. The molecule has 11 nitrogen and oxygen atoms in total. The highest BCUT2D eigenvalue weighted by Gasteiger charge is 2.26. The van der Waals surface area contributed by atoms with Crippen molar-refractivity contribution in [3.8, 4) is 0 Å². The zero-order chi connectivity index (χ0) is 22.8. The predicted molar refractivity (Wildman–Crippen MR) is 118 cm³/mol. The average molecular weight is 447 g/mol. The Kier molecular flexibility index (Phi) is 5.43. The maximum Gasteiger partial charge on any atom is 0.433 e. The van der Waals surface area contributed by atoms with Gasteiger partial charge >= 0.3 is 5.88 Å². The van der Waals surface area contributed by atoms with Crippen molar-refractivity contribution in [3.05, 3.63) is 76.6 Å². The van der Waals surface area contributed by atoms with Crippen LogP contribution in [0, 0.1) is 10.1 Å². The van der Waals surface area contributed by atoms with Crippen molar-refractivity contribution >= 4 is 28.9 Å². The van der Waals surface area contributed by atoms with Crippen molar-refractivity contribution in [2.24, 2.45) is 0 Å². The van der Waals surface area contributed by atoms with E-state index >= 15 is 0 Å². The number of nitrogens with zero attached hydrogens (tertiary/aromatic N) is 7. The number of imidazole rings is 1. The van der Waals surface area contributed by atoms with Gasteiger partial charge in [-0.25, -0.2) is 9.67 Å². The fraction of sp³-hybridized carbons (Fsp3) is 0.273. The summed E-state index contributed by atoms with van der Waals surface area (Å²) >= 11 is 0. The number of amides is 1. The molecule has 0 aliphatic carbocycles. The van der Waals surface area contributed by atoms with Crippen LogP contribution in [-0.2, 0) is 11.5 Å². The number of carbonyl (C=O) groups is 1. The van der Waals surface area contributed by atoms with E-state index < -0.39 is 4.92 Å². The van der Waals surface area contributed by atoms with Crippen molar-refractivity contribution in [1.82, 2.24) is 29.4 Å². The Hall–Kier alpha value is -4.28. The van der Waals surface area contributed by atoms with Gasteiger partial charge in [0.2, 0.25) is 5.91 Å². The number of likely N-dealkylation sites (tertiary alicyclic amines) is 1. The van der Waals surface area contributed by atoms with E-state index in [0.29, 0.717) is 19.8 Å². The van der Waals surface area contributed by atoms with Crippen LogP contribution in [0.4, 0.5) is 5.88 Å². The highest BCUT2D eigenvalue weighted by Crippen LogP contribution is 2.27. The van der Waals surface area contributed by atoms with E-state index in [1.54, 1.807) is 11.1 Å². The number of rotatable bonds is 6. The van der Waals surface area contributed by atoms with Crippen LogP contribution in [-0.4, -0.2) is 53.4 Å². The van der Waals surface area contributed by atoms with Gasteiger partial charge in [0.15, 0.2) is 0 Å². The second-order valence-corrected chi connectivity index (χ2v) is 7.84. The van der Waals surface area contributed by atoms with Crippen LogP contribution in [0.3, 0.4) is 0 Å². The third kappa shape index (κ3) is 4.25. The van der Waals surface area contributed by atoms with Crippen LogP contribution in [0.15, 0.2) is 59.3 Å². The number of para-hydroxylation sites is 1. The second-order valence-electron chi connectivity index (χ2n) is 7.84. The number of fused-ring (bicyclic) bond motifs is 1. The van der Waals surface area contributed by atoms with Crippen molar-refractivity contribution in [1.29, 1.82) is 0 Å². The molecule has 4 heterocycles. The molecule has 11 heteroatoms. The van der Waals surface area contributed by atoms with Crippen LogP contribution in [0.1, 0.15) is 30.3 Å². The van der Waals surface area contributed by atoms with Crippen molar-refractivity contribution < 1.29 is 14.1 Å². The summed E-state index contributed by atoms with van der Waals surface area (Å²) in [5, 5.41) is 19.2. The molecule has 33 heavy (non-hydrogen) atoms. The van der Waals surface area contributed by atoms with Gasteiger partial charge in [-0.3, -0.25) is 14.9 Å². The van der Waals surface area contributed by atoms with Gasteiger partial charge in [-0.15, -0.1) is 5.10 Å². The van der Waals surface area contributed by atoms with Crippen LogP contribution in [0.25, 0.3) is 17.1 Å². The van der Waals surface area contributed by atoms with E-state index in [1.165, 1.54) is 24.3 Å². The van der Waals surface area contributed by atoms with Gasteiger partial charge in [0.25, 0.3) is 0 Å². The Bertz CT molecular complexity index is 1330. The Balaban J connectivity index is 1.21. The lowest BCUT2D eigenvalue weighted by atomic mass is 9.96. The Morgan fingerprint density at radius 2 is 2.03 bits per heavy atom. The summed E-state index contributed by atoms with van der Waals surface area (Å²) in [5.74, 6) is 0.977. The van der Waals surface area contributed by atoms with E-state index in [2.05, 4.69) is 19.9 Å². The summed E-state index contributed by atoms with van der Waals surface area (Å²) in [5.41, 5.74) is 1.81. The minimum atomic E-state index is -0.612. The predicted octanol–water partition coefficient (Wildman–Crippen LogP) is 3.05. The van der Waals surface area contributed by atoms with Gasteiger partial charge in [0.05, 0.1) is 11.6 Å². The van der Waals surface area contributed by atoms with Crippen molar-refractivity contribution in [3.63, 3.8) is 0 Å². The lowest BCUT2D eigenvalue weighted by Crippen LogP contribution is -2.37. The highest BCUT2D eigenvalue weighted by molar-refractivity contribution is 5.91. The Morgan fingerprint density at radius 1 is 1.21 bits per heavy atom.